The van der Waals surface area contributed by atoms with Crippen LogP contribution in [0.5, 0.6) is 0 Å². The minimum absolute atomic E-state index is 0.296. The lowest BCUT2D eigenvalue weighted by Gasteiger charge is -2.08. The molecule has 0 unspecified atom stereocenters. The fraction of sp³-hybridized carbons (Fsp3) is 0.200. The lowest BCUT2D eigenvalue weighted by Crippen LogP contribution is -2.18. The summed E-state index contributed by atoms with van der Waals surface area (Å²) in [6, 6.07) is 5.67. The van der Waals surface area contributed by atoms with Crippen LogP contribution >= 0.6 is 22.7 Å². The number of carbonyl (C=O) groups excluding carboxylic acids is 2. The second-order valence-electron chi connectivity index (χ2n) is 6.72. The summed E-state index contributed by atoms with van der Waals surface area (Å²) in [5.41, 5.74) is 8.51. The average Bonchev–Trinajstić information content (AvgIpc) is 3.33. The van der Waals surface area contributed by atoms with Gasteiger partial charge < -0.3 is 15.6 Å². The second kappa shape index (κ2) is 7.09. The first-order valence-corrected chi connectivity index (χ1v) is 10.4. The molecule has 9 heteroatoms. The SMILES string of the molecule is Cc1ccc(-c2cc(C(=O)Nc3sc(C)c(C)c3C(N)=O)c3c(C)noc3n2)s1. The molecule has 0 bridgehead atoms. The molecule has 7 nitrogen and oxygen atoms in total. The number of aryl methyl sites for hydroxylation is 3. The van der Waals surface area contributed by atoms with Gasteiger partial charge in [0.25, 0.3) is 17.5 Å². The molecule has 0 saturated carbocycles. The first-order chi connectivity index (χ1) is 13.8. The van der Waals surface area contributed by atoms with Crippen molar-refractivity contribution in [2.75, 3.05) is 5.32 Å². The highest BCUT2D eigenvalue weighted by molar-refractivity contribution is 7.17. The number of rotatable bonds is 4. The molecular formula is C20H18N4O3S2. The quantitative estimate of drug-likeness (QED) is 0.495. The van der Waals surface area contributed by atoms with Crippen LogP contribution in [0, 0.1) is 27.7 Å². The molecule has 0 fully saturated rings. The number of primary amides is 1. The molecule has 0 atom stereocenters. The van der Waals surface area contributed by atoms with E-state index in [9.17, 15) is 9.59 Å². The Kier molecular flexibility index (Phi) is 4.71. The van der Waals surface area contributed by atoms with Crippen LogP contribution in [0.2, 0.25) is 0 Å². The molecule has 4 heterocycles. The van der Waals surface area contributed by atoms with Crippen LogP contribution in [0.3, 0.4) is 0 Å². The molecule has 148 valence electrons. The Morgan fingerprint density at radius 1 is 1.14 bits per heavy atom. The number of hydrogen-bond donors (Lipinski definition) is 2. The van der Waals surface area contributed by atoms with Crippen LogP contribution in [0.25, 0.3) is 21.7 Å². The first kappa shape index (κ1) is 19.3. The van der Waals surface area contributed by atoms with E-state index < -0.39 is 5.91 Å². The molecule has 2 amide bonds. The standard InChI is InChI=1S/C20H18N4O3S2/c1-8-5-6-14(28-8)13-7-12(16-10(3)24-27-19(16)22-13)18(26)23-20-15(17(21)25)9(2)11(4)29-20/h5-7H,1-4H3,(H2,21,25)(H,23,26). The van der Waals surface area contributed by atoms with Crippen LogP contribution in [0.4, 0.5) is 5.00 Å². The van der Waals surface area contributed by atoms with E-state index in [1.54, 1.807) is 24.3 Å². The van der Waals surface area contributed by atoms with Crippen molar-refractivity contribution in [3.05, 3.63) is 50.3 Å². The number of carbonyl (C=O) groups is 2. The van der Waals surface area contributed by atoms with Gasteiger partial charge in [0, 0.05) is 9.75 Å². The van der Waals surface area contributed by atoms with Crippen LogP contribution in [-0.4, -0.2) is 22.0 Å². The molecule has 0 radical (unpaired) electrons. The maximum Gasteiger partial charge on any atom is 0.259 e. The van der Waals surface area contributed by atoms with E-state index in [1.807, 2.05) is 32.9 Å². The zero-order valence-electron chi connectivity index (χ0n) is 16.2. The fourth-order valence-electron chi connectivity index (χ4n) is 3.15. The molecule has 0 aliphatic carbocycles. The Bertz CT molecular complexity index is 1280. The monoisotopic (exact) mass is 426 g/mol. The van der Waals surface area contributed by atoms with Gasteiger partial charge in [0.15, 0.2) is 0 Å². The molecule has 3 N–H and O–H groups in total. The van der Waals surface area contributed by atoms with E-state index in [1.165, 1.54) is 11.3 Å². The highest BCUT2D eigenvalue weighted by Crippen LogP contribution is 2.34. The topological polar surface area (TPSA) is 111 Å². The van der Waals surface area contributed by atoms with E-state index in [4.69, 9.17) is 10.3 Å². The number of fused-ring (bicyclic) bond motifs is 1. The molecule has 4 aromatic rings. The molecule has 0 saturated heterocycles. The molecular weight excluding hydrogens is 408 g/mol. The molecule has 4 aromatic heterocycles. The number of amides is 2. The third-order valence-electron chi connectivity index (χ3n) is 4.71. The number of pyridine rings is 1. The van der Waals surface area contributed by atoms with Crippen LogP contribution < -0.4 is 11.1 Å². The lowest BCUT2D eigenvalue weighted by atomic mass is 10.1. The van der Waals surface area contributed by atoms with Gasteiger partial charge >= 0.3 is 0 Å². The van der Waals surface area contributed by atoms with Gasteiger partial charge in [0.1, 0.15) is 5.00 Å². The Balaban J connectivity index is 1.83. The highest BCUT2D eigenvalue weighted by atomic mass is 32.1. The van der Waals surface area contributed by atoms with Crippen LogP contribution in [0.15, 0.2) is 22.7 Å². The largest absolute Gasteiger partial charge is 0.365 e. The van der Waals surface area contributed by atoms with Crippen molar-refractivity contribution >= 4 is 50.6 Å². The normalized spacial score (nSPS) is 11.2. The Morgan fingerprint density at radius 3 is 2.55 bits per heavy atom. The van der Waals surface area contributed by atoms with E-state index >= 15 is 0 Å². The predicted molar refractivity (Wildman–Crippen MR) is 115 cm³/mol. The van der Waals surface area contributed by atoms with Gasteiger partial charge in [0.2, 0.25) is 0 Å². The molecule has 0 aliphatic rings. The third kappa shape index (κ3) is 3.32. The van der Waals surface area contributed by atoms with Crippen molar-refractivity contribution in [1.82, 2.24) is 10.1 Å². The van der Waals surface area contributed by atoms with Gasteiger partial charge in [0.05, 0.1) is 32.8 Å². The van der Waals surface area contributed by atoms with Crippen LogP contribution in [-0.2, 0) is 0 Å². The lowest BCUT2D eigenvalue weighted by molar-refractivity contribution is 0.100. The number of aromatic nitrogens is 2. The first-order valence-electron chi connectivity index (χ1n) is 8.81. The molecule has 4 rings (SSSR count). The summed E-state index contributed by atoms with van der Waals surface area (Å²) in [6.07, 6.45) is 0. The Labute approximate surface area is 174 Å². The Morgan fingerprint density at radius 2 is 1.90 bits per heavy atom. The van der Waals surface area contributed by atoms with E-state index in [-0.39, 0.29) is 5.91 Å². The summed E-state index contributed by atoms with van der Waals surface area (Å²) in [4.78, 5) is 32.6. The second-order valence-corrected chi connectivity index (χ2v) is 9.23. The van der Waals surface area contributed by atoms with Gasteiger partial charge in [-0.2, -0.15) is 0 Å². The van der Waals surface area contributed by atoms with Crippen molar-refractivity contribution < 1.29 is 14.1 Å². The molecule has 0 aromatic carbocycles. The van der Waals surface area contributed by atoms with Crippen LogP contribution in [0.1, 0.15) is 41.7 Å². The number of nitrogens with one attached hydrogen (secondary N) is 1. The third-order valence-corrected chi connectivity index (χ3v) is 6.86. The van der Waals surface area contributed by atoms with E-state index in [0.717, 1.165) is 20.2 Å². The van der Waals surface area contributed by atoms with E-state index in [0.29, 0.717) is 38.6 Å². The average molecular weight is 427 g/mol. The Hall–Kier alpha value is -3.04. The van der Waals surface area contributed by atoms with Crippen molar-refractivity contribution in [1.29, 1.82) is 0 Å². The minimum atomic E-state index is -0.571. The van der Waals surface area contributed by atoms with Gasteiger partial charge in [-0.3, -0.25) is 9.59 Å². The molecule has 0 spiro atoms. The van der Waals surface area contributed by atoms with Crippen molar-refractivity contribution in [2.45, 2.75) is 27.7 Å². The van der Waals surface area contributed by atoms with Gasteiger partial charge in [-0.15, -0.1) is 22.7 Å². The highest BCUT2D eigenvalue weighted by Gasteiger charge is 2.23. The zero-order valence-corrected chi connectivity index (χ0v) is 17.9. The maximum absolute atomic E-state index is 13.2. The molecule has 29 heavy (non-hydrogen) atoms. The van der Waals surface area contributed by atoms with Crippen molar-refractivity contribution in [2.24, 2.45) is 5.73 Å². The smallest absolute Gasteiger partial charge is 0.259 e. The molecule has 0 aliphatic heterocycles. The summed E-state index contributed by atoms with van der Waals surface area (Å²) in [5, 5.41) is 7.79. The predicted octanol–water partition coefficient (Wildman–Crippen LogP) is 4.60. The minimum Gasteiger partial charge on any atom is -0.365 e. The van der Waals surface area contributed by atoms with Gasteiger partial charge in [-0.25, -0.2) is 4.98 Å². The van der Waals surface area contributed by atoms with Crippen molar-refractivity contribution in [3.8, 4) is 10.6 Å². The summed E-state index contributed by atoms with van der Waals surface area (Å²) < 4.78 is 5.34. The maximum atomic E-state index is 13.2. The zero-order chi connectivity index (χ0) is 20.9. The number of anilines is 1. The summed E-state index contributed by atoms with van der Waals surface area (Å²) in [6.45, 7) is 7.46. The van der Waals surface area contributed by atoms with Crippen molar-refractivity contribution in [3.63, 3.8) is 0 Å². The summed E-state index contributed by atoms with van der Waals surface area (Å²) >= 11 is 2.90. The fourth-order valence-corrected chi connectivity index (χ4v) is 5.04. The van der Waals surface area contributed by atoms with Gasteiger partial charge in [-0.1, -0.05) is 5.16 Å². The van der Waals surface area contributed by atoms with Gasteiger partial charge in [-0.05, 0) is 51.5 Å². The number of thiophene rings is 2. The number of nitrogens with zero attached hydrogens (tertiary/aromatic N) is 2. The van der Waals surface area contributed by atoms with E-state index in [2.05, 4.69) is 15.5 Å². The number of hydrogen-bond acceptors (Lipinski definition) is 7. The summed E-state index contributed by atoms with van der Waals surface area (Å²) in [7, 11) is 0. The summed E-state index contributed by atoms with van der Waals surface area (Å²) in [5.74, 6) is -0.945. The number of nitrogens with two attached hydrogens (primary N) is 1.